The molecule has 0 N–H and O–H groups in total. The topological polar surface area (TPSA) is 24.7 Å². The smallest absolute Gasteiger partial charge is 0.121 e. The van der Waals surface area contributed by atoms with Crippen LogP contribution < -0.4 is 0 Å². The van der Waals surface area contributed by atoms with Crippen LogP contribution in [0.4, 0.5) is 0 Å². The summed E-state index contributed by atoms with van der Waals surface area (Å²) in [6.07, 6.45) is 1.19. The molecule has 0 radical (unpaired) electrons. The summed E-state index contributed by atoms with van der Waals surface area (Å²) >= 11 is 1.86. The van der Waals surface area contributed by atoms with Gasteiger partial charge < -0.3 is 0 Å². The van der Waals surface area contributed by atoms with E-state index in [9.17, 15) is 0 Å². The van der Waals surface area contributed by atoms with Crippen molar-refractivity contribution in [2.75, 3.05) is 5.75 Å². The first-order valence-corrected chi connectivity index (χ1v) is 5.83. The van der Waals surface area contributed by atoms with Crippen LogP contribution in [0.1, 0.15) is 48.0 Å². The van der Waals surface area contributed by atoms with Crippen molar-refractivity contribution in [1.29, 1.82) is 0 Å². The molecule has 0 spiro atoms. The van der Waals surface area contributed by atoms with Gasteiger partial charge in [-0.3, -0.25) is 0 Å². The molecule has 0 heterocycles. The zero-order valence-electron chi connectivity index (χ0n) is 9.72. The highest BCUT2D eigenvalue weighted by Gasteiger charge is 2.18. The van der Waals surface area contributed by atoms with E-state index in [1.807, 2.05) is 11.8 Å². The minimum atomic E-state index is -0.0662. The molecular weight excluding hydrogens is 180 g/mol. The lowest BCUT2D eigenvalue weighted by Crippen LogP contribution is -2.15. The molecule has 0 saturated carbocycles. The Morgan fingerprint density at radius 1 is 1.00 bits per heavy atom. The first-order chi connectivity index (χ1) is 5.77. The normalized spacial score (nSPS) is 14.0. The van der Waals surface area contributed by atoms with Crippen molar-refractivity contribution in [3.8, 4) is 0 Å². The second kappa shape index (κ2) is 4.99. The highest BCUT2D eigenvalue weighted by molar-refractivity contribution is 8.00. The first kappa shape index (κ1) is 12.9. The molecule has 0 aromatic heterocycles. The standard InChI is InChI=1S/C10H22N2S/c1-7-8-13-10(5,6)12-11-9(2,3)4/h7-8H2,1-6H3. The van der Waals surface area contributed by atoms with Crippen molar-refractivity contribution < 1.29 is 0 Å². The molecule has 0 fully saturated rings. The molecule has 0 saturated heterocycles. The molecule has 0 rings (SSSR count). The maximum atomic E-state index is 4.35. The van der Waals surface area contributed by atoms with E-state index >= 15 is 0 Å². The van der Waals surface area contributed by atoms with Gasteiger partial charge in [0.05, 0.1) is 5.54 Å². The van der Waals surface area contributed by atoms with Crippen molar-refractivity contribution >= 4 is 11.8 Å². The molecular formula is C10H22N2S. The summed E-state index contributed by atoms with van der Waals surface area (Å²) < 4.78 is 0. The fourth-order valence-corrected chi connectivity index (χ4v) is 1.45. The third-order valence-electron chi connectivity index (χ3n) is 1.25. The maximum absolute atomic E-state index is 4.35. The van der Waals surface area contributed by atoms with Gasteiger partial charge in [0.2, 0.25) is 0 Å². The molecule has 0 aliphatic carbocycles. The average Bonchev–Trinajstić information content (AvgIpc) is 1.97. The zero-order valence-corrected chi connectivity index (χ0v) is 10.5. The lowest BCUT2D eigenvalue weighted by molar-refractivity contribution is 0.513. The molecule has 78 valence electrons. The molecule has 0 aliphatic rings. The molecule has 0 aromatic rings. The summed E-state index contributed by atoms with van der Waals surface area (Å²) in [5.74, 6) is 1.15. The number of hydrogen-bond donors (Lipinski definition) is 0. The predicted molar refractivity (Wildman–Crippen MR) is 61.4 cm³/mol. The van der Waals surface area contributed by atoms with E-state index in [0.717, 1.165) is 5.75 Å². The van der Waals surface area contributed by atoms with Crippen LogP contribution in [0.2, 0.25) is 0 Å². The van der Waals surface area contributed by atoms with Crippen LogP contribution in [0.25, 0.3) is 0 Å². The second-order valence-corrected chi connectivity index (χ2v) is 6.36. The molecule has 0 aromatic carbocycles. The minimum absolute atomic E-state index is 0.0515. The van der Waals surface area contributed by atoms with Gasteiger partial charge in [-0.1, -0.05) is 6.92 Å². The lowest BCUT2D eigenvalue weighted by atomic mass is 10.1. The van der Waals surface area contributed by atoms with Gasteiger partial charge in [0.25, 0.3) is 0 Å². The SMILES string of the molecule is CCCSC(C)(C)N=NC(C)(C)C. The van der Waals surface area contributed by atoms with Crippen LogP contribution in [0.3, 0.4) is 0 Å². The fraction of sp³-hybridized carbons (Fsp3) is 1.00. The number of thioether (sulfide) groups is 1. The summed E-state index contributed by atoms with van der Waals surface area (Å²) in [7, 11) is 0. The molecule has 0 bridgehead atoms. The van der Waals surface area contributed by atoms with Crippen LogP contribution >= 0.6 is 11.8 Å². The Balaban J connectivity index is 4.08. The van der Waals surface area contributed by atoms with Crippen LogP contribution in [0, 0.1) is 0 Å². The van der Waals surface area contributed by atoms with Gasteiger partial charge >= 0.3 is 0 Å². The summed E-state index contributed by atoms with van der Waals surface area (Å²) in [4.78, 5) is -0.0662. The molecule has 0 amide bonds. The van der Waals surface area contributed by atoms with Crippen molar-refractivity contribution in [2.45, 2.75) is 58.4 Å². The Kier molecular flexibility index (Phi) is 4.97. The van der Waals surface area contributed by atoms with E-state index in [-0.39, 0.29) is 10.4 Å². The van der Waals surface area contributed by atoms with E-state index in [1.54, 1.807) is 0 Å². The van der Waals surface area contributed by atoms with Gasteiger partial charge in [-0.15, -0.1) is 11.8 Å². The van der Waals surface area contributed by atoms with Gasteiger partial charge in [0.1, 0.15) is 4.87 Å². The quantitative estimate of drug-likeness (QED) is 0.629. The van der Waals surface area contributed by atoms with Crippen molar-refractivity contribution in [3.05, 3.63) is 0 Å². The number of nitrogens with zero attached hydrogens (tertiary/aromatic N) is 2. The third kappa shape index (κ3) is 8.28. The Hall–Kier alpha value is -0.0500. The summed E-state index contributed by atoms with van der Waals surface area (Å²) in [6, 6.07) is 0. The first-order valence-electron chi connectivity index (χ1n) is 4.85. The summed E-state index contributed by atoms with van der Waals surface area (Å²) in [6.45, 7) is 12.6. The summed E-state index contributed by atoms with van der Waals surface area (Å²) in [5, 5.41) is 8.64. The molecule has 0 aliphatic heterocycles. The number of rotatable bonds is 4. The highest BCUT2D eigenvalue weighted by Crippen LogP contribution is 2.27. The average molecular weight is 202 g/mol. The van der Waals surface area contributed by atoms with E-state index in [4.69, 9.17) is 0 Å². The largest absolute Gasteiger partial charge is 0.187 e. The van der Waals surface area contributed by atoms with E-state index < -0.39 is 0 Å². The predicted octanol–water partition coefficient (Wildman–Crippen LogP) is 4.12. The number of hydrogen-bond acceptors (Lipinski definition) is 3. The summed E-state index contributed by atoms with van der Waals surface area (Å²) in [5.41, 5.74) is -0.0515. The highest BCUT2D eigenvalue weighted by atomic mass is 32.2. The maximum Gasteiger partial charge on any atom is 0.121 e. The van der Waals surface area contributed by atoms with Crippen LogP contribution in [-0.4, -0.2) is 16.2 Å². The van der Waals surface area contributed by atoms with Crippen molar-refractivity contribution in [1.82, 2.24) is 0 Å². The molecule has 0 unspecified atom stereocenters. The van der Waals surface area contributed by atoms with Crippen LogP contribution in [-0.2, 0) is 0 Å². The van der Waals surface area contributed by atoms with Gasteiger partial charge in [-0.05, 0) is 46.8 Å². The monoisotopic (exact) mass is 202 g/mol. The van der Waals surface area contributed by atoms with Gasteiger partial charge in [-0.2, -0.15) is 10.2 Å². The molecule has 2 nitrogen and oxygen atoms in total. The molecule has 13 heavy (non-hydrogen) atoms. The third-order valence-corrected chi connectivity index (χ3v) is 2.65. The van der Waals surface area contributed by atoms with Gasteiger partial charge in [-0.25, -0.2) is 0 Å². The lowest BCUT2D eigenvalue weighted by Gasteiger charge is -2.19. The Morgan fingerprint density at radius 2 is 1.54 bits per heavy atom. The van der Waals surface area contributed by atoms with Gasteiger partial charge in [0.15, 0.2) is 0 Å². The minimum Gasteiger partial charge on any atom is -0.187 e. The molecule has 0 atom stereocenters. The van der Waals surface area contributed by atoms with Crippen molar-refractivity contribution in [3.63, 3.8) is 0 Å². The van der Waals surface area contributed by atoms with Crippen molar-refractivity contribution in [2.24, 2.45) is 10.2 Å². The molecule has 3 heteroatoms. The number of azo groups is 1. The van der Waals surface area contributed by atoms with Crippen LogP contribution in [0.15, 0.2) is 10.2 Å². The second-order valence-electron chi connectivity index (χ2n) is 4.67. The van der Waals surface area contributed by atoms with E-state index in [2.05, 4.69) is 51.8 Å². The fourth-order valence-electron chi connectivity index (χ4n) is 0.651. The Morgan fingerprint density at radius 3 is 1.92 bits per heavy atom. The zero-order chi connectivity index (χ0) is 10.5. The Labute approximate surface area is 86.6 Å². The van der Waals surface area contributed by atoms with E-state index in [0.29, 0.717) is 0 Å². The van der Waals surface area contributed by atoms with Gasteiger partial charge in [0, 0.05) is 0 Å². The van der Waals surface area contributed by atoms with E-state index in [1.165, 1.54) is 6.42 Å². The Bertz CT molecular complexity index is 168. The van der Waals surface area contributed by atoms with Crippen LogP contribution in [0.5, 0.6) is 0 Å².